The zero-order chi connectivity index (χ0) is 17.4. The van der Waals surface area contributed by atoms with E-state index in [1.165, 1.54) is 5.54 Å². The molecule has 0 fully saturated rings. The highest BCUT2D eigenvalue weighted by atomic mass is 35.5. The van der Waals surface area contributed by atoms with Crippen LogP contribution in [0.15, 0.2) is 60.1 Å². The first-order chi connectivity index (χ1) is 11.6. The van der Waals surface area contributed by atoms with Gasteiger partial charge in [0, 0.05) is 5.54 Å². The van der Waals surface area contributed by atoms with Crippen molar-refractivity contribution in [2.24, 2.45) is 0 Å². The number of halogens is 1. The summed E-state index contributed by atoms with van der Waals surface area (Å²) in [5.41, 5.74) is 3.30. The standard InChI is InChI=1S/C19H17ClO2S2/c1-2-13-21-17-8-4-15(5-9-17)19(23,24)16-6-10-18(11-7-16)22-14-3-12-20/h1,3-12,23-24H,13-14H2/b12-3+. The topological polar surface area (TPSA) is 18.5 Å². The van der Waals surface area contributed by atoms with Crippen LogP contribution in [0.25, 0.3) is 0 Å². The highest BCUT2D eigenvalue weighted by Crippen LogP contribution is 2.40. The predicted octanol–water partition coefficient (Wildman–Crippen LogP) is 4.89. The molecule has 0 saturated heterocycles. The lowest BCUT2D eigenvalue weighted by atomic mass is 10.0. The fourth-order valence-corrected chi connectivity index (χ4v) is 2.71. The summed E-state index contributed by atoms with van der Waals surface area (Å²) in [6.45, 7) is 0.668. The zero-order valence-electron chi connectivity index (χ0n) is 12.9. The molecule has 24 heavy (non-hydrogen) atoms. The van der Waals surface area contributed by atoms with Gasteiger partial charge in [-0.05, 0) is 41.5 Å². The van der Waals surface area contributed by atoms with Crippen LogP contribution < -0.4 is 9.47 Å². The molecule has 5 heteroatoms. The Morgan fingerprint density at radius 1 is 0.958 bits per heavy atom. The Morgan fingerprint density at radius 3 is 1.92 bits per heavy atom. The van der Waals surface area contributed by atoms with Crippen LogP contribution in [0.3, 0.4) is 0 Å². The molecule has 0 aliphatic heterocycles. The molecule has 0 bridgehead atoms. The Bertz CT molecular complexity index is 717. The van der Waals surface area contributed by atoms with Crippen LogP contribution in [0.1, 0.15) is 11.1 Å². The van der Waals surface area contributed by atoms with Crippen LogP contribution in [0.5, 0.6) is 11.5 Å². The Kier molecular flexibility index (Phi) is 6.99. The van der Waals surface area contributed by atoms with E-state index in [4.69, 9.17) is 52.8 Å². The van der Waals surface area contributed by atoms with Crippen molar-refractivity contribution in [1.82, 2.24) is 0 Å². The van der Waals surface area contributed by atoms with Gasteiger partial charge in [0.2, 0.25) is 0 Å². The fraction of sp³-hybridized carbons (Fsp3) is 0.158. The first kappa shape index (κ1) is 18.7. The van der Waals surface area contributed by atoms with E-state index in [-0.39, 0.29) is 6.61 Å². The van der Waals surface area contributed by atoms with Crippen LogP contribution in [0.4, 0.5) is 0 Å². The third kappa shape index (κ3) is 4.91. The van der Waals surface area contributed by atoms with E-state index < -0.39 is 4.08 Å². The minimum absolute atomic E-state index is 0.243. The van der Waals surface area contributed by atoms with E-state index in [9.17, 15) is 0 Å². The van der Waals surface area contributed by atoms with E-state index in [1.54, 1.807) is 6.08 Å². The number of benzene rings is 2. The number of hydrogen-bond donors (Lipinski definition) is 2. The number of terminal acetylenes is 1. The minimum atomic E-state index is -0.737. The Balaban J connectivity index is 2.12. The van der Waals surface area contributed by atoms with Crippen LogP contribution >= 0.6 is 36.9 Å². The Hall–Kier alpha value is -1.67. The molecule has 0 heterocycles. The molecule has 0 unspecified atom stereocenters. The highest BCUT2D eigenvalue weighted by Gasteiger charge is 2.25. The molecule has 0 aliphatic rings. The van der Waals surface area contributed by atoms with Crippen molar-refractivity contribution >= 4 is 36.9 Å². The van der Waals surface area contributed by atoms with Gasteiger partial charge in [0.25, 0.3) is 0 Å². The van der Waals surface area contributed by atoms with E-state index in [0.717, 1.165) is 16.9 Å². The van der Waals surface area contributed by atoms with Crippen LogP contribution in [-0.4, -0.2) is 13.2 Å². The summed E-state index contributed by atoms with van der Waals surface area (Å²) in [7, 11) is 0. The summed E-state index contributed by atoms with van der Waals surface area (Å²) >= 11 is 14.9. The third-order valence-corrected chi connectivity index (χ3v) is 4.48. The Labute approximate surface area is 158 Å². The van der Waals surface area contributed by atoms with Gasteiger partial charge in [-0.15, -0.1) is 6.42 Å². The molecule has 2 nitrogen and oxygen atoms in total. The second-order valence-corrected chi connectivity index (χ2v) is 6.83. The van der Waals surface area contributed by atoms with Crippen molar-refractivity contribution in [2.45, 2.75) is 4.08 Å². The largest absolute Gasteiger partial charge is 0.490 e. The molecular formula is C19H17ClO2S2. The second kappa shape index (κ2) is 8.98. The van der Waals surface area contributed by atoms with Gasteiger partial charge in [0.05, 0.1) is 0 Å². The summed E-state index contributed by atoms with van der Waals surface area (Å²) in [6.07, 6.45) is 6.91. The molecule has 0 aromatic heterocycles. The number of hydrogen-bond acceptors (Lipinski definition) is 4. The van der Waals surface area contributed by atoms with Crippen molar-refractivity contribution in [3.63, 3.8) is 0 Å². The summed E-state index contributed by atoms with van der Waals surface area (Å²) in [5, 5.41) is 0. The third-order valence-electron chi connectivity index (χ3n) is 3.27. The van der Waals surface area contributed by atoms with Crippen molar-refractivity contribution < 1.29 is 9.47 Å². The molecular weight excluding hydrogens is 360 g/mol. The Morgan fingerprint density at radius 2 is 1.46 bits per heavy atom. The lowest BCUT2D eigenvalue weighted by Crippen LogP contribution is -2.12. The van der Waals surface area contributed by atoms with Gasteiger partial charge < -0.3 is 9.47 Å². The molecule has 0 amide bonds. The average molecular weight is 377 g/mol. The molecule has 2 aromatic rings. The van der Waals surface area contributed by atoms with Gasteiger partial charge in [-0.1, -0.05) is 41.8 Å². The maximum absolute atomic E-state index is 5.52. The molecule has 0 saturated carbocycles. The fourth-order valence-electron chi connectivity index (χ4n) is 2.04. The lowest BCUT2D eigenvalue weighted by Gasteiger charge is -2.24. The molecule has 0 atom stereocenters. The lowest BCUT2D eigenvalue weighted by molar-refractivity contribution is 0.363. The smallest absolute Gasteiger partial charge is 0.148 e. The summed E-state index contributed by atoms with van der Waals surface area (Å²) < 4.78 is 10.2. The first-order valence-electron chi connectivity index (χ1n) is 7.18. The first-order valence-corrected chi connectivity index (χ1v) is 8.51. The molecule has 2 rings (SSSR count). The monoisotopic (exact) mass is 376 g/mol. The zero-order valence-corrected chi connectivity index (χ0v) is 15.4. The molecule has 0 N–H and O–H groups in total. The van der Waals surface area contributed by atoms with Crippen LogP contribution in [0, 0.1) is 12.3 Å². The molecule has 0 spiro atoms. The molecule has 0 radical (unpaired) electrons. The van der Waals surface area contributed by atoms with Crippen molar-refractivity contribution in [2.75, 3.05) is 13.2 Å². The van der Waals surface area contributed by atoms with Crippen molar-refractivity contribution in [1.29, 1.82) is 0 Å². The van der Waals surface area contributed by atoms with Crippen molar-refractivity contribution in [3.8, 4) is 23.8 Å². The summed E-state index contributed by atoms with van der Waals surface area (Å²) in [5.74, 6) is 3.90. The SMILES string of the molecule is C#CCOc1ccc(C(S)(S)c2ccc(OC/C=C/Cl)cc2)cc1. The van der Waals surface area contributed by atoms with Gasteiger partial charge in [-0.25, -0.2) is 0 Å². The van der Waals surface area contributed by atoms with E-state index >= 15 is 0 Å². The maximum Gasteiger partial charge on any atom is 0.148 e. The van der Waals surface area contributed by atoms with E-state index in [1.807, 2.05) is 48.5 Å². The molecule has 0 aliphatic carbocycles. The van der Waals surface area contributed by atoms with Crippen LogP contribution in [-0.2, 0) is 4.08 Å². The minimum Gasteiger partial charge on any atom is -0.490 e. The number of ether oxygens (including phenoxy) is 2. The van der Waals surface area contributed by atoms with E-state index in [0.29, 0.717) is 12.4 Å². The van der Waals surface area contributed by atoms with Crippen LogP contribution in [0.2, 0.25) is 0 Å². The quantitative estimate of drug-likeness (QED) is 0.407. The van der Waals surface area contributed by atoms with Gasteiger partial charge in [-0.2, -0.15) is 25.3 Å². The second-order valence-electron chi connectivity index (χ2n) is 4.89. The number of thiol groups is 2. The van der Waals surface area contributed by atoms with E-state index in [2.05, 4.69) is 5.92 Å². The molecule has 2 aromatic carbocycles. The summed E-state index contributed by atoms with van der Waals surface area (Å²) in [4.78, 5) is 0. The van der Waals surface area contributed by atoms with Crippen molar-refractivity contribution in [3.05, 3.63) is 71.3 Å². The van der Waals surface area contributed by atoms with Gasteiger partial charge in [0.1, 0.15) is 28.8 Å². The van der Waals surface area contributed by atoms with Gasteiger partial charge in [-0.3, -0.25) is 0 Å². The number of rotatable bonds is 7. The average Bonchev–Trinajstić information content (AvgIpc) is 2.61. The summed E-state index contributed by atoms with van der Waals surface area (Å²) in [6, 6.07) is 15.2. The molecule has 124 valence electrons. The maximum atomic E-state index is 5.52. The predicted molar refractivity (Wildman–Crippen MR) is 106 cm³/mol. The van der Waals surface area contributed by atoms with Gasteiger partial charge in [0.15, 0.2) is 0 Å². The highest BCUT2D eigenvalue weighted by molar-refractivity contribution is 8.00. The normalized spacial score (nSPS) is 11.2. The van der Waals surface area contributed by atoms with Gasteiger partial charge >= 0.3 is 0 Å².